The molecule has 1 aliphatic heterocycles. The summed E-state index contributed by atoms with van der Waals surface area (Å²) in [6.45, 7) is 9.03. The average molecular weight is 636 g/mol. The number of hydrogen-bond acceptors (Lipinski definition) is 9. The number of carbonyl (C=O) groups is 2. The molecule has 5 rings (SSSR count). The lowest BCUT2D eigenvalue weighted by molar-refractivity contribution is 0.0526. The Kier molecular flexibility index (Phi) is 9.93. The second-order valence-electron chi connectivity index (χ2n) is 12.2. The normalized spacial score (nSPS) is 13.9. The lowest BCUT2D eigenvalue weighted by Gasteiger charge is -2.32. The summed E-state index contributed by atoms with van der Waals surface area (Å²) < 4.78 is 37.4. The van der Waals surface area contributed by atoms with Gasteiger partial charge in [0.05, 0.1) is 11.1 Å². The fourth-order valence-corrected chi connectivity index (χ4v) is 5.33. The molecule has 3 aromatic heterocycles. The second-order valence-corrected chi connectivity index (χ2v) is 12.2. The summed E-state index contributed by atoms with van der Waals surface area (Å²) >= 11 is 0. The minimum atomic E-state index is -0.719. The molecule has 0 unspecified atom stereocenters. The van der Waals surface area contributed by atoms with Gasteiger partial charge in [0.15, 0.2) is 5.82 Å². The smallest absolute Gasteiger partial charge is 0.407 e. The van der Waals surface area contributed by atoms with Gasteiger partial charge in [-0.1, -0.05) is 13.3 Å². The van der Waals surface area contributed by atoms with E-state index in [1.807, 2.05) is 17.0 Å². The van der Waals surface area contributed by atoms with Crippen LogP contribution in [0.5, 0.6) is 0 Å². The maximum atomic E-state index is 15.4. The number of amides is 2. The molecule has 46 heavy (non-hydrogen) atoms. The number of nitrogens with zero attached hydrogens (tertiary/aromatic N) is 6. The SMILES string of the molecule is CCCc1cnc(N2CCC(n3cc(F)c4c(Nc5ccc(C(=O)NCCNC(=O)OC(C)(C)C)cc5F)ncnc43)CC2)nc1. The second kappa shape index (κ2) is 14.0. The Bertz CT molecular complexity index is 1680. The number of aromatic nitrogens is 5. The summed E-state index contributed by atoms with van der Waals surface area (Å²) in [6, 6.07) is 3.91. The third kappa shape index (κ3) is 7.85. The molecule has 0 bridgehead atoms. The number of hydrogen-bond donors (Lipinski definition) is 3. The van der Waals surface area contributed by atoms with E-state index in [1.54, 1.807) is 20.8 Å². The number of halogens is 2. The van der Waals surface area contributed by atoms with Gasteiger partial charge in [0, 0.05) is 56.4 Å². The van der Waals surface area contributed by atoms with E-state index in [9.17, 15) is 9.59 Å². The van der Waals surface area contributed by atoms with Crippen LogP contribution >= 0.6 is 0 Å². The number of benzene rings is 1. The standard InChI is InChI=1S/C32H39F2N9O3/c1-5-6-20-16-37-30(38-17-20)42-13-9-22(10-14-42)43-18-24(34)26-27(39-19-40-28(26)43)41-25-8-7-21(15-23(25)33)29(44)35-11-12-36-31(45)46-32(2,3)4/h7-8,15-19,22H,5-6,9-14H2,1-4H3,(H,35,44)(H,36,45)(H,39,40,41). The van der Waals surface area contributed by atoms with Crippen LogP contribution in [-0.2, 0) is 11.2 Å². The molecule has 1 saturated heterocycles. The van der Waals surface area contributed by atoms with E-state index in [1.165, 1.54) is 24.7 Å². The van der Waals surface area contributed by atoms with Crippen molar-refractivity contribution >= 4 is 40.5 Å². The lowest BCUT2D eigenvalue weighted by atomic mass is 10.1. The summed E-state index contributed by atoms with van der Waals surface area (Å²) in [7, 11) is 0. The highest BCUT2D eigenvalue weighted by molar-refractivity contribution is 5.95. The number of anilines is 3. The maximum Gasteiger partial charge on any atom is 0.407 e. The third-order valence-electron chi connectivity index (χ3n) is 7.50. The molecule has 0 radical (unpaired) electrons. The lowest BCUT2D eigenvalue weighted by Crippen LogP contribution is -2.37. The van der Waals surface area contributed by atoms with Crippen molar-refractivity contribution in [1.82, 2.24) is 35.1 Å². The van der Waals surface area contributed by atoms with Crippen LogP contribution in [0.15, 0.2) is 43.1 Å². The highest BCUT2D eigenvalue weighted by Crippen LogP contribution is 2.33. The molecular weight excluding hydrogens is 596 g/mol. The topological polar surface area (TPSA) is 139 Å². The number of alkyl carbamates (subject to hydrolysis) is 1. The van der Waals surface area contributed by atoms with E-state index in [4.69, 9.17) is 4.74 Å². The molecule has 244 valence electrons. The zero-order valence-electron chi connectivity index (χ0n) is 26.4. The predicted octanol–water partition coefficient (Wildman–Crippen LogP) is 5.29. The third-order valence-corrected chi connectivity index (χ3v) is 7.50. The van der Waals surface area contributed by atoms with E-state index in [-0.39, 0.29) is 41.6 Å². The van der Waals surface area contributed by atoms with Gasteiger partial charge >= 0.3 is 6.09 Å². The van der Waals surface area contributed by atoms with Gasteiger partial charge in [-0.3, -0.25) is 4.79 Å². The molecule has 0 saturated carbocycles. The zero-order valence-corrected chi connectivity index (χ0v) is 26.4. The molecule has 1 aliphatic rings. The summed E-state index contributed by atoms with van der Waals surface area (Å²) in [6.07, 6.45) is 9.34. The Morgan fingerprint density at radius 2 is 1.72 bits per heavy atom. The van der Waals surface area contributed by atoms with E-state index in [0.717, 1.165) is 37.3 Å². The van der Waals surface area contributed by atoms with Gasteiger partial charge < -0.3 is 30.2 Å². The number of nitrogens with one attached hydrogen (secondary N) is 3. The van der Waals surface area contributed by atoms with Crippen molar-refractivity contribution in [3.05, 3.63) is 65.9 Å². The molecule has 0 atom stereocenters. The number of aryl methyl sites for hydroxylation is 1. The quantitative estimate of drug-likeness (QED) is 0.198. The van der Waals surface area contributed by atoms with E-state index in [2.05, 4.69) is 47.7 Å². The Morgan fingerprint density at radius 3 is 2.39 bits per heavy atom. The monoisotopic (exact) mass is 635 g/mol. The Hall–Kier alpha value is -4.88. The molecule has 0 aliphatic carbocycles. The number of rotatable bonds is 10. The molecule has 4 aromatic rings. The summed E-state index contributed by atoms with van der Waals surface area (Å²) in [5.41, 5.74) is 0.990. The van der Waals surface area contributed by atoms with Crippen molar-refractivity contribution in [2.75, 3.05) is 36.4 Å². The molecular formula is C32H39F2N9O3. The van der Waals surface area contributed by atoms with Crippen LogP contribution in [0.25, 0.3) is 11.0 Å². The molecule has 14 heteroatoms. The summed E-state index contributed by atoms with van der Waals surface area (Å²) in [5.74, 6) is -0.953. The average Bonchev–Trinajstić information content (AvgIpc) is 3.37. The molecule has 1 fully saturated rings. The first-order valence-corrected chi connectivity index (χ1v) is 15.4. The minimum absolute atomic E-state index is 0.000711. The van der Waals surface area contributed by atoms with Gasteiger partial charge in [-0.15, -0.1) is 0 Å². The van der Waals surface area contributed by atoms with E-state index < -0.39 is 29.2 Å². The van der Waals surface area contributed by atoms with Crippen molar-refractivity contribution in [2.45, 2.75) is 65.0 Å². The number of fused-ring (bicyclic) bond motifs is 1. The summed E-state index contributed by atoms with van der Waals surface area (Å²) in [4.78, 5) is 44.0. The fraction of sp³-hybridized carbons (Fsp3) is 0.438. The number of ether oxygens (including phenoxy) is 1. The van der Waals surface area contributed by atoms with E-state index in [0.29, 0.717) is 24.7 Å². The van der Waals surface area contributed by atoms with Gasteiger partial charge in [0.25, 0.3) is 5.91 Å². The first-order chi connectivity index (χ1) is 22.0. The Morgan fingerprint density at radius 1 is 1.00 bits per heavy atom. The first-order valence-electron chi connectivity index (χ1n) is 15.4. The number of piperidine rings is 1. The van der Waals surface area contributed by atoms with E-state index >= 15 is 8.78 Å². The van der Waals surface area contributed by atoms with Crippen LogP contribution in [0.1, 0.15) is 68.9 Å². The van der Waals surface area contributed by atoms with Crippen LogP contribution in [-0.4, -0.2) is 68.3 Å². The molecule has 4 heterocycles. The molecule has 0 spiro atoms. The minimum Gasteiger partial charge on any atom is -0.444 e. The Labute approximate surface area is 266 Å². The largest absolute Gasteiger partial charge is 0.444 e. The van der Waals surface area contributed by atoms with Crippen molar-refractivity contribution in [3.63, 3.8) is 0 Å². The van der Waals surface area contributed by atoms with Crippen molar-refractivity contribution < 1.29 is 23.1 Å². The van der Waals surface area contributed by atoms with Crippen LogP contribution in [0.2, 0.25) is 0 Å². The predicted molar refractivity (Wildman–Crippen MR) is 170 cm³/mol. The Balaban J connectivity index is 1.21. The van der Waals surface area contributed by atoms with Gasteiger partial charge in [-0.25, -0.2) is 33.5 Å². The van der Waals surface area contributed by atoms with Crippen molar-refractivity contribution in [3.8, 4) is 0 Å². The molecule has 2 amide bonds. The summed E-state index contributed by atoms with van der Waals surface area (Å²) in [5, 5.41) is 8.17. The fourth-order valence-electron chi connectivity index (χ4n) is 5.33. The van der Waals surface area contributed by atoms with Crippen molar-refractivity contribution in [2.24, 2.45) is 0 Å². The van der Waals surface area contributed by atoms with Gasteiger partial charge in [0.1, 0.15) is 29.2 Å². The van der Waals surface area contributed by atoms with Gasteiger partial charge in [0.2, 0.25) is 5.95 Å². The highest BCUT2D eigenvalue weighted by Gasteiger charge is 2.26. The van der Waals surface area contributed by atoms with Gasteiger partial charge in [-0.05, 0) is 63.8 Å². The first kappa shape index (κ1) is 32.5. The van der Waals surface area contributed by atoms with Crippen LogP contribution in [0.4, 0.5) is 31.0 Å². The number of carbonyl (C=O) groups excluding carboxylic acids is 2. The molecule has 1 aromatic carbocycles. The zero-order chi connectivity index (χ0) is 32.8. The van der Waals surface area contributed by atoms with Crippen LogP contribution < -0.4 is 20.9 Å². The highest BCUT2D eigenvalue weighted by atomic mass is 19.1. The molecule has 12 nitrogen and oxygen atoms in total. The molecule has 3 N–H and O–H groups in total. The van der Waals surface area contributed by atoms with Crippen molar-refractivity contribution in [1.29, 1.82) is 0 Å². The van der Waals surface area contributed by atoms with Crippen LogP contribution in [0, 0.1) is 11.6 Å². The van der Waals surface area contributed by atoms with Gasteiger partial charge in [-0.2, -0.15) is 0 Å². The maximum absolute atomic E-state index is 15.4. The van der Waals surface area contributed by atoms with Crippen LogP contribution in [0.3, 0.4) is 0 Å².